The number of rotatable bonds is 3. The van der Waals surface area contributed by atoms with E-state index in [1.807, 2.05) is 0 Å². The molecule has 1 aromatic rings. The van der Waals surface area contributed by atoms with Crippen LogP contribution in [-0.2, 0) is 4.74 Å². The van der Waals surface area contributed by atoms with Gasteiger partial charge in [-0.1, -0.05) is 18.9 Å². The second kappa shape index (κ2) is 5.32. The lowest BCUT2D eigenvalue weighted by Gasteiger charge is -2.24. The fourth-order valence-electron chi connectivity index (χ4n) is 3.46. The molecule has 1 N–H and O–H groups in total. The molecule has 2 nitrogen and oxygen atoms in total. The van der Waals surface area contributed by atoms with Crippen molar-refractivity contribution < 1.29 is 13.5 Å². The largest absolute Gasteiger partial charge is 0.378 e. The second-order valence-electron chi connectivity index (χ2n) is 6.10. The Balaban J connectivity index is 1.62. The summed E-state index contributed by atoms with van der Waals surface area (Å²) in [6.07, 6.45) is 6.86. The Morgan fingerprint density at radius 2 is 2.00 bits per heavy atom. The lowest BCUT2D eigenvalue weighted by atomic mass is 9.98. The number of hydrogen-bond acceptors (Lipinski definition) is 2. The SMILES string of the molecule is Cc1ccc(F)c(NCC2CCC3(CCCC3)O2)c1F. The third-order valence-corrected chi connectivity index (χ3v) is 4.64. The van der Waals surface area contributed by atoms with Crippen molar-refractivity contribution >= 4 is 5.69 Å². The van der Waals surface area contributed by atoms with Crippen molar-refractivity contribution in [1.29, 1.82) is 0 Å². The lowest BCUT2D eigenvalue weighted by Crippen LogP contribution is -2.28. The van der Waals surface area contributed by atoms with Crippen LogP contribution in [0.3, 0.4) is 0 Å². The van der Waals surface area contributed by atoms with Gasteiger partial charge in [-0.05, 0) is 44.2 Å². The maximum atomic E-state index is 13.9. The highest BCUT2D eigenvalue weighted by atomic mass is 19.1. The molecule has 1 aromatic carbocycles. The Bertz CT molecular complexity index is 497. The number of benzene rings is 1. The molecule has 0 radical (unpaired) electrons. The van der Waals surface area contributed by atoms with E-state index in [4.69, 9.17) is 4.74 Å². The number of halogens is 2. The zero-order valence-corrected chi connectivity index (χ0v) is 11.8. The van der Waals surface area contributed by atoms with Gasteiger partial charge in [-0.25, -0.2) is 8.78 Å². The van der Waals surface area contributed by atoms with E-state index in [0.717, 1.165) is 25.7 Å². The second-order valence-corrected chi connectivity index (χ2v) is 6.10. The number of ether oxygens (including phenoxy) is 1. The molecule has 0 amide bonds. The van der Waals surface area contributed by atoms with Crippen LogP contribution < -0.4 is 5.32 Å². The average Bonchev–Trinajstić information content (AvgIpc) is 3.05. The van der Waals surface area contributed by atoms with Crippen molar-refractivity contribution in [2.24, 2.45) is 0 Å². The van der Waals surface area contributed by atoms with Gasteiger partial charge in [0.15, 0.2) is 5.82 Å². The quantitative estimate of drug-likeness (QED) is 0.897. The molecule has 1 heterocycles. The number of nitrogens with one attached hydrogen (secondary N) is 1. The number of hydrogen-bond donors (Lipinski definition) is 1. The Morgan fingerprint density at radius 3 is 2.75 bits per heavy atom. The maximum absolute atomic E-state index is 13.9. The van der Waals surface area contributed by atoms with Gasteiger partial charge in [0, 0.05) is 6.54 Å². The van der Waals surface area contributed by atoms with E-state index < -0.39 is 11.6 Å². The van der Waals surface area contributed by atoms with Crippen LogP contribution in [0.25, 0.3) is 0 Å². The van der Waals surface area contributed by atoms with Crippen molar-refractivity contribution in [2.75, 3.05) is 11.9 Å². The molecule has 1 saturated heterocycles. The zero-order valence-electron chi connectivity index (χ0n) is 11.8. The molecular weight excluding hydrogens is 260 g/mol. The summed E-state index contributed by atoms with van der Waals surface area (Å²) in [7, 11) is 0. The number of aryl methyl sites for hydroxylation is 1. The third-order valence-electron chi connectivity index (χ3n) is 4.64. The van der Waals surface area contributed by atoms with Crippen LogP contribution in [0.15, 0.2) is 12.1 Å². The minimum absolute atomic E-state index is 0.0269. The normalized spacial score (nSPS) is 24.4. The highest BCUT2D eigenvalue weighted by Gasteiger charge is 2.41. The average molecular weight is 281 g/mol. The molecule has 0 bridgehead atoms. The van der Waals surface area contributed by atoms with Crippen LogP contribution in [0.1, 0.15) is 44.1 Å². The molecule has 20 heavy (non-hydrogen) atoms. The van der Waals surface area contributed by atoms with Crippen LogP contribution in [0.5, 0.6) is 0 Å². The molecular formula is C16H21F2NO. The summed E-state index contributed by atoms with van der Waals surface area (Å²) in [6, 6.07) is 2.75. The van der Waals surface area contributed by atoms with Gasteiger partial charge in [0.2, 0.25) is 0 Å². The zero-order chi connectivity index (χ0) is 14.2. The van der Waals surface area contributed by atoms with E-state index in [2.05, 4.69) is 5.32 Å². The smallest absolute Gasteiger partial charge is 0.152 e. The number of anilines is 1. The minimum atomic E-state index is -0.540. The minimum Gasteiger partial charge on any atom is -0.378 e. The summed E-state index contributed by atoms with van der Waals surface area (Å²) in [6.45, 7) is 2.11. The molecule has 1 unspecified atom stereocenters. The monoisotopic (exact) mass is 281 g/mol. The molecule has 1 saturated carbocycles. The topological polar surface area (TPSA) is 21.3 Å². The molecule has 2 aliphatic rings. The van der Waals surface area contributed by atoms with Gasteiger partial charge in [-0.2, -0.15) is 0 Å². The first kappa shape index (κ1) is 13.8. The third kappa shape index (κ3) is 2.53. The van der Waals surface area contributed by atoms with Crippen LogP contribution in [0, 0.1) is 18.6 Å². The summed E-state index contributed by atoms with van der Waals surface area (Å²) >= 11 is 0. The Labute approximate surface area is 118 Å². The van der Waals surface area contributed by atoms with Crippen LogP contribution >= 0.6 is 0 Å². The molecule has 0 aromatic heterocycles. The van der Waals surface area contributed by atoms with E-state index in [1.54, 1.807) is 6.92 Å². The molecule has 110 valence electrons. The summed E-state index contributed by atoms with van der Waals surface area (Å²) in [5.41, 5.74) is 0.491. The van der Waals surface area contributed by atoms with Gasteiger partial charge in [-0.15, -0.1) is 0 Å². The predicted molar refractivity (Wildman–Crippen MR) is 74.9 cm³/mol. The van der Waals surface area contributed by atoms with Gasteiger partial charge < -0.3 is 10.1 Å². The van der Waals surface area contributed by atoms with E-state index in [9.17, 15) is 8.78 Å². The fourth-order valence-corrected chi connectivity index (χ4v) is 3.46. The predicted octanol–water partition coefficient (Wildman–Crippen LogP) is 4.18. The fraction of sp³-hybridized carbons (Fsp3) is 0.625. The van der Waals surface area contributed by atoms with Crippen molar-refractivity contribution in [2.45, 2.75) is 57.2 Å². The van der Waals surface area contributed by atoms with Crippen molar-refractivity contribution in [3.05, 3.63) is 29.3 Å². The summed E-state index contributed by atoms with van der Waals surface area (Å²) in [5, 5.41) is 2.90. The summed E-state index contributed by atoms with van der Waals surface area (Å²) in [5.74, 6) is -1.04. The Morgan fingerprint density at radius 1 is 1.25 bits per heavy atom. The Kier molecular flexibility index (Phi) is 3.67. The highest BCUT2D eigenvalue weighted by Crippen LogP contribution is 2.43. The van der Waals surface area contributed by atoms with Gasteiger partial charge in [0.1, 0.15) is 11.5 Å². The Hall–Kier alpha value is -1.16. The molecule has 4 heteroatoms. The summed E-state index contributed by atoms with van der Waals surface area (Å²) in [4.78, 5) is 0. The van der Waals surface area contributed by atoms with Gasteiger partial charge in [-0.3, -0.25) is 0 Å². The van der Waals surface area contributed by atoms with Gasteiger partial charge in [0.25, 0.3) is 0 Å². The molecule has 1 aliphatic carbocycles. The molecule has 1 aliphatic heterocycles. The first-order valence-electron chi connectivity index (χ1n) is 7.46. The molecule has 1 spiro atoms. The highest BCUT2D eigenvalue weighted by molar-refractivity contribution is 5.49. The van der Waals surface area contributed by atoms with Crippen molar-refractivity contribution in [3.8, 4) is 0 Å². The van der Waals surface area contributed by atoms with Crippen LogP contribution in [0.4, 0.5) is 14.5 Å². The molecule has 1 atom stereocenters. The van der Waals surface area contributed by atoms with Crippen molar-refractivity contribution in [3.63, 3.8) is 0 Å². The maximum Gasteiger partial charge on any atom is 0.152 e. The van der Waals surface area contributed by atoms with Crippen molar-refractivity contribution in [1.82, 2.24) is 0 Å². The first-order chi connectivity index (χ1) is 9.60. The summed E-state index contributed by atoms with van der Waals surface area (Å²) < 4.78 is 33.7. The van der Waals surface area contributed by atoms with Gasteiger partial charge >= 0.3 is 0 Å². The molecule has 2 fully saturated rings. The van der Waals surface area contributed by atoms with Crippen LogP contribution in [0.2, 0.25) is 0 Å². The molecule has 3 rings (SSSR count). The van der Waals surface area contributed by atoms with Crippen LogP contribution in [-0.4, -0.2) is 18.2 Å². The van der Waals surface area contributed by atoms with E-state index >= 15 is 0 Å². The van der Waals surface area contributed by atoms with E-state index in [1.165, 1.54) is 25.0 Å². The van der Waals surface area contributed by atoms with E-state index in [-0.39, 0.29) is 17.4 Å². The van der Waals surface area contributed by atoms with E-state index in [0.29, 0.717) is 12.1 Å². The standard InChI is InChI=1S/C16H21F2NO/c1-11-4-5-13(17)15(14(11)18)19-10-12-6-9-16(20-12)7-2-3-8-16/h4-5,12,19H,2-3,6-10H2,1H3. The first-order valence-corrected chi connectivity index (χ1v) is 7.46. The lowest BCUT2D eigenvalue weighted by molar-refractivity contribution is -0.0307. The van der Waals surface area contributed by atoms with Gasteiger partial charge in [0.05, 0.1) is 11.7 Å².